The van der Waals surface area contributed by atoms with E-state index in [0.29, 0.717) is 21.7 Å². The first-order chi connectivity index (χ1) is 18.5. The third-order valence-corrected chi connectivity index (χ3v) is 8.23. The van der Waals surface area contributed by atoms with Gasteiger partial charge in [0.2, 0.25) is 11.8 Å². The number of aromatic nitrogens is 2. The molecule has 1 amide bonds. The molecule has 0 unspecified atom stereocenters. The summed E-state index contributed by atoms with van der Waals surface area (Å²) < 4.78 is 5.78. The minimum absolute atomic E-state index is 0.0473. The third-order valence-electron chi connectivity index (χ3n) is 7.62. The number of hydrogen-bond acceptors (Lipinski definition) is 7. The fraction of sp³-hybridized carbons (Fsp3) is 0.393. The van der Waals surface area contributed by atoms with Gasteiger partial charge in [-0.05, 0) is 55.2 Å². The first kappa shape index (κ1) is 25.2. The molecule has 2 aromatic carbocycles. The number of para-hydroxylation sites is 1. The lowest BCUT2D eigenvalue weighted by molar-refractivity contribution is 0.0932. The standard InChI is InChI=1S/C28H30Cl2N6O2/c29-23-6-3-7-24(30)25(23)36-18-38-26-22(27(36)37)16-31-28(33-26)32-20-8-10-21(11-9-20)35-14-12-34(13-15-35)17-19-4-1-2-5-19/h3,6-11,16,19H,1-2,4-5,12-15,17-18H2,(H,31,32,33). The second kappa shape index (κ2) is 11.0. The Bertz CT molecular complexity index is 1290. The van der Waals surface area contributed by atoms with Crippen LogP contribution in [0.25, 0.3) is 0 Å². The zero-order valence-electron chi connectivity index (χ0n) is 21.1. The first-order valence-corrected chi connectivity index (χ1v) is 13.9. The van der Waals surface area contributed by atoms with Gasteiger partial charge in [0.05, 0.1) is 15.7 Å². The molecule has 1 aromatic heterocycles. The molecule has 1 saturated heterocycles. The number of halogens is 2. The van der Waals surface area contributed by atoms with Crippen molar-refractivity contribution >= 4 is 52.1 Å². The summed E-state index contributed by atoms with van der Waals surface area (Å²) in [5.74, 6) is 1.16. The molecule has 10 heteroatoms. The fourth-order valence-corrected chi connectivity index (χ4v) is 6.16. The van der Waals surface area contributed by atoms with Crippen molar-refractivity contribution in [3.8, 4) is 5.88 Å². The Labute approximate surface area is 232 Å². The Morgan fingerprint density at radius 3 is 2.39 bits per heavy atom. The quantitative estimate of drug-likeness (QED) is 0.412. The number of rotatable bonds is 6. The number of hydrogen-bond donors (Lipinski definition) is 1. The van der Waals surface area contributed by atoms with Crippen LogP contribution in [0, 0.1) is 5.92 Å². The van der Waals surface area contributed by atoms with E-state index in [4.69, 9.17) is 27.9 Å². The van der Waals surface area contributed by atoms with Crippen molar-refractivity contribution in [2.45, 2.75) is 25.7 Å². The number of benzene rings is 2. The maximum absolute atomic E-state index is 13.1. The Balaban J connectivity index is 1.07. The van der Waals surface area contributed by atoms with Gasteiger partial charge in [-0.25, -0.2) is 4.98 Å². The highest BCUT2D eigenvalue weighted by Crippen LogP contribution is 2.37. The topological polar surface area (TPSA) is 73.8 Å². The minimum Gasteiger partial charge on any atom is -0.455 e. The Morgan fingerprint density at radius 2 is 1.68 bits per heavy atom. The van der Waals surface area contributed by atoms with Crippen LogP contribution < -0.4 is 19.9 Å². The van der Waals surface area contributed by atoms with Gasteiger partial charge in [0.15, 0.2) is 6.73 Å². The van der Waals surface area contributed by atoms with Crippen LogP contribution in [-0.4, -0.2) is 60.2 Å². The van der Waals surface area contributed by atoms with Crippen LogP contribution in [0.15, 0.2) is 48.7 Å². The predicted octanol–water partition coefficient (Wildman–Crippen LogP) is 5.84. The molecule has 0 spiro atoms. The van der Waals surface area contributed by atoms with Crippen LogP contribution in [0.3, 0.4) is 0 Å². The molecular weight excluding hydrogens is 523 g/mol. The monoisotopic (exact) mass is 552 g/mol. The van der Waals surface area contributed by atoms with E-state index in [9.17, 15) is 4.79 Å². The fourth-order valence-electron chi connectivity index (χ4n) is 5.56. The molecule has 0 bridgehead atoms. The van der Waals surface area contributed by atoms with Crippen LogP contribution in [0.2, 0.25) is 10.0 Å². The van der Waals surface area contributed by atoms with E-state index in [1.54, 1.807) is 18.2 Å². The molecule has 8 nitrogen and oxygen atoms in total. The summed E-state index contributed by atoms with van der Waals surface area (Å²) >= 11 is 12.6. The van der Waals surface area contributed by atoms with Crippen molar-refractivity contribution < 1.29 is 9.53 Å². The lowest BCUT2D eigenvalue weighted by Crippen LogP contribution is -2.47. The Kier molecular flexibility index (Phi) is 7.28. The Morgan fingerprint density at radius 1 is 0.974 bits per heavy atom. The van der Waals surface area contributed by atoms with Crippen LogP contribution in [-0.2, 0) is 0 Å². The number of piperazine rings is 1. The van der Waals surface area contributed by atoms with E-state index >= 15 is 0 Å². The van der Waals surface area contributed by atoms with E-state index in [1.165, 1.54) is 49.0 Å². The van der Waals surface area contributed by atoms with Crippen molar-refractivity contribution in [3.63, 3.8) is 0 Å². The summed E-state index contributed by atoms with van der Waals surface area (Å²) in [4.78, 5) is 28.3. The van der Waals surface area contributed by atoms with Gasteiger partial charge in [0.1, 0.15) is 5.56 Å². The number of fused-ring (bicyclic) bond motifs is 1. The molecule has 38 heavy (non-hydrogen) atoms. The maximum Gasteiger partial charge on any atom is 0.268 e. The molecule has 3 heterocycles. The molecule has 1 aliphatic carbocycles. The molecule has 3 aromatic rings. The van der Waals surface area contributed by atoms with Gasteiger partial charge >= 0.3 is 0 Å². The number of ether oxygens (including phenoxy) is 1. The average molecular weight is 553 g/mol. The zero-order chi connectivity index (χ0) is 26.1. The highest BCUT2D eigenvalue weighted by Gasteiger charge is 2.31. The molecule has 2 aliphatic heterocycles. The number of nitrogens with one attached hydrogen (secondary N) is 1. The average Bonchev–Trinajstić information content (AvgIpc) is 3.44. The normalized spacial score (nSPS) is 18.4. The van der Waals surface area contributed by atoms with E-state index < -0.39 is 0 Å². The van der Waals surface area contributed by atoms with Crippen LogP contribution in [0.1, 0.15) is 36.0 Å². The molecule has 0 radical (unpaired) electrons. The van der Waals surface area contributed by atoms with Crippen molar-refractivity contribution in [1.29, 1.82) is 0 Å². The minimum atomic E-state index is -0.319. The van der Waals surface area contributed by atoms with Crippen molar-refractivity contribution in [1.82, 2.24) is 14.9 Å². The van der Waals surface area contributed by atoms with Gasteiger partial charge in [0, 0.05) is 50.3 Å². The summed E-state index contributed by atoms with van der Waals surface area (Å²) in [5.41, 5.74) is 2.74. The third kappa shape index (κ3) is 5.25. The summed E-state index contributed by atoms with van der Waals surface area (Å²) in [6.45, 7) is 5.56. The molecule has 0 atom stereocenters. The van der Waals surface area contributed by atoms with E-state index in [1.807, 2.05) is 12.1 Å². The van der Waals surface area contributed by atoms with Gasteiger partial charge in [-0.1, -0.05) is 42.1 Å². The van der Waals surface area contributed by atoms with Gasteiger partial charge in [-0.2, -0.15) is 4.98 Å². The largest absolute Gasteiger partial charge is 0.455 e. The van der Waals surface area contributed by atoms with Crippen molar-refractivity contribution in [2.24, 2.45) is 5.92 Å². The summed E-state index contributed by atoms with van der Waals surface area (Å²) in [7, 11) is 0. The lowest BCUT2D eigenvalue weighted by Gasteiger charge is -2.37. The number of amides is 1. The number of nitrogens with zero attached hydrogens (tertiary/aromatic N) is 5. The number of carbonyl (C=O) groups is 1. The summed E-state index contributed by atoms with van der Waals surface area (Å²) in [6.07, 6.45) is 7.08. The number of anilines is 4. The first-order valence-electron chi connectivity index (χ1n) is 13.2. The van der Waals surface area contributed by atoms with E-state index in [2.05, 4.69) is 37.2 Å². The van der Waals surface area contributed by atoms with Crippen LogP contribution in [0.5, 0.6) is 5.88 Å². The molecular formula is C28H30Cl2N6O2. The number of carbonyl (C=O) groups excluding carboxylic acids is 1. The van der Waals surface area contributed by atoms with Crippen molar-refractivity contribution in [2.75, 3.05) is 54.6 Å². The van der Waals surface area contributed by atoms with Gasteiger partial charge in [0.25, 0.3) is 5.91 Å². The molecule has 2 fully saturated rings. The molecule has 6 rings (SSSR count). The van der Waals surface area contributed by atoms with Gasteiger partial charge < -0.3 is 15.0 Å². The maximum atomic E-state index is 13.1. The van der Waals surface area contributed by atoms with E-state index in [-0.39, 0.29) is 24.1 Å². The van der Waals surface area contributed by atoms with Crippen LogP contribution in [0.4, 0.5) is 23.0 Å². The molecule has 3 aliphatic rings. The van der Waals surface area contributed by atoms with Crippen LogP contribution >= 0.6 is 23.2 Å². The summed E-state index contributed by atoms with van der Waals surface area (Å²) in [5, 5.41) is 3.95. The van der Waals surface area contributed by atoms with Crippen molar-refractivity contribution in [3.05, 3.63) is 64.3 Å². The van der Waals surface area contributed by atoms with Gasteiger partial charge in [-0.15, -0.1) is 0 Å². The molecule has 1 N–H and O–H groups in total. The highest BCUT2D eigenvalue weighted by molar-refractivity contribution is 6.40. The predicted molar refractivity (Wildman–Crippen MR) is 151 cm³/mol. The summed E-state index contributed by atoms with van der Waals surface area (Å²) in [6, 6.07) is 13.4. The molecule has 1 saturated carbocycles. The zero-order valence-corrected chi connectivity index (χ0v) is 22.6. The highest BCUT2D eigenvalue weighted by atomic mass is 35.5. The second-order valence-electron chi connectivity index (χ2n) is 10.1. The second-order valence-corrected chi connectivity index (χ2v) is 10.9. The lowest BCUT2D eigenvalue weighted by atomic mass is 10.1. The van der Waals surface area contributed by atoms with Gasteiger partial charge in [-0.3, -0.25) is 14.6 Å². The SMILES string of the molecule is O=C1c2cnc(Nc3ccc(N4CCN(CC5CCCC5)CC4)cc3)nc2OCN1c1c(Cl)cccc1Cl. The molecule has 198 valence electrons. The Hall–Kier alpha value is -3.07. The smallest absolute Gasteiger partial charge is 0.268 e. The van der Waals surface area contributed by atoms with E-state index in [0.717, 1.165) is 37.8 Å².